The van der Waals surface area contributed by atoms with Crippen LogP contribution in [0, 0.1) is 11.8 Å². The lowest BCUT2D eigenvalue weighted by Crippen LogP contribution is -3.15. The maximum atomic E-state index is 12.0. The Morgan fingerprint density at radius 2 is 1.71 bits per heavy atom. The van der Waals surface area contributed by atoms with Crippen molar-refractivity contribution in [2.45, 2.75) is 27.2 Å². The molecule has 5 heteroatoms. The van der Waals surface area contributed by atoms with Crippen LogP contribution in [0.15, 0.2) is 24.3 Å². The molecule has 0 aliphatic carbocycles. The quantitative estimate of drug-likeness (QED) is 0.701. The van der Waals surface area contributed by atoms with Gasteiger partial charge in [-0.2, -0.15) is 0 Å². The molecule has 24 heavy (non-hydrogen) atoms. The lowest BCUT2D eigenvalue weighted by molar-refractivity contribution is -0.904. The van der Waals surface area contributed by atoms with Crippen LogP contribution in [-0.2, 0) is 4.79 Å². The zero-order valence-electron chi connectivity index (χ0n) is 15.1. The average molecular weight is 335 g/mol. The molecule has 1 saturated heterocycles. The smallest absolute Gasteiger partial charge is 0.275 e. The Hall–Kier alpha value is -1.75. The normalized spacial score (nSPS) is 23.5. The highest BCUT2D eigenvalue weighted by atomic mass is 16.5. The van der Waals surface area contributed by atoms with E-state index in [4.69, 9.17) is 9.47 Å². The van der Waals surface area contributed by atoms with Crippen molar-refractivity contribution in [1.29, 1.82) is 0 Å². The number of likely N-dealkylation sites (tertiary alicyclic amines) is 1. The van der Waals surface area contributed by atoms with Gasteiger partial charge in [0.25, 0.3) is 5.91 Å². The van der Waals surface area contributed by atoms with Crippen molar-refractivity contribution in [1.82, 2.24) is 5.32 Å². The second kappa shape index (κ2) is 9.52. The van der Waals surface area contributed by atoms with Crippen molar-refractivity contribution in [3.05, 3.63) is 24.3 Å². The van der Waals surface area contributed by atoms with Crippen molar-refractivity contribution in [2.75, 3.05) is 39.4 Å². The summed E-state index contributed by atoms with van der Waals surface area (Å²) in [5.41, 5.74) is 0. The molecule has 0 spiro atoms. The minimum absolute atomic E-state index is 0.113. The fourth-order valence-electron chi connectivity index (χ4n) is 3.51. The van der Waals surface area contributed by atoms with Crippen LogP contribution < -0.4 is 19.7 Å². The maximum absolute atomic E-state index is 12.0. The van der Waals surface area contributed by atoms with Crippen LogP contribution in [0.4, 0.5) is 0 Å². The summed E-state index contributed by atoms with van der Waals surface area (Å²) in [4.78, 5) is 13.4. The Kier molecular flexibility index (Phi) is 7.37. The predicted octanol–water partition coefficient (Wildman–Crippen LogP) is 1.14. The summed E-state index contributed by atoms with van der Waals surface area (Å²) in [5, 5.41) is 2.95. The van der Waals surface area contributed by atoms with Gasteiger partial charge in [-0.1, -0.05) is 13.8 Å². The monoisotopic (exact) mass is 335 g/mol. The van der Waals surface area contributed by atoms with E-state index in [9.17, 15) is 4.79 Å². The van der Waals surface area contributed by atoms with Gasteiger partial charge in [0.05, 0.1) is 26.2 Å². The van der Waals surface area contributed by atoms with E-state index in [1.54, 1.807) is 0 Å². The van der Waals surface area contributed by atoms with Crippen LogP contribution in [0.1, 0.15) is 27.2 Å². The molecule has 2 N–H and O–H groups in total. The largest absolute Gasteiger partial charge is 0.494 e. The molecule has 2 rings (SSSR count). The first kappa shape index (κ1) is 18.6. The molecule has 3 atom stereocenters. The Balaban J connectivity index is 1.62. The third kappa shape index (κ3) is 6.40. The van der Waals surface area contributed by atoms with E-state index in [2.05, 4.69) is 19.2 Å². The first-order chi connectivity index (χ1) is 11.6. The molecule has 1 aliphatic heterocycles. The van der Waals surface area contributed by atoms with Gasteiger partial charge in [-0.05, 0) is 37.6 Å². The van der Waals surface area contributed by atoms with E-state index in [0.717, 1.165) is 24.6 Å². The molecule has 1 fully saturated rings. The highest BCUT2D eigenvalue weighted by Gasteiger charge is 2.26. The van der Waals surface area contributed by atoms with E-state index >= 15 is 0 Å². The van der Waals surface area contributed by atoms with Crippen LogP contribution >= 0.6 is 0 Å². The minimum Gasteiger partial charge on any atom is -0.494 e. The van der Waals surface area contributed by atoms with Gasteiger partial charge in [0.15, 0.2) is 6.54 Å². The summed E-state index contributed by atoms with van der Waals surface area (Å²) in [6.07, 6.45) is 1.28. The Bertz CT molecular complexity index is 494. The number of hydrogen-bond donors (Lipinski definition) is 2. The molecular weight excluding hydrogens is 304 g/mol. The maximum Gasteiger partial charge on any atom is 0.275 e. The molecule has 1 aromatic rings. The fraction of sp³-hybridized carbons (Fsp3) is 0.632. The third-order valence-electron chi connectivity index (χ3n) is 4.32. The lowest BCUT2D eigenvalue weighted by Gasteiger charge is -2.31. The average Bonchev–Trinajstić information content (AvgIpc) is 2.52. The zero-order chi connectivity index (χ0) is 17.4. The lowest BCUT2D eigenvalue weighted by atomic mass is 9.92. The van der Waals surface area contributed by atoms with E-state index in [-0.39, 0.29) is 5.91 Å². The van der Waals surface area contributed by atoms with E-state index in [1.165, 1.54) is 11.3 Å². The molecule has 5 nitrogen and oxygen atoms in total. The van der Waals surface area contributed by atoms with Crippen LogP contribution in [0.5, 0.6) is 11.5 Å². The number of benzene rings is 1. The number of quaternary nitrogens is 1. The first-order valence-electron chi connectivity index (χ1n) is 9.02. The predicted molar refractivity (Wildman–Crippen MR) is 94.6 cm³/mol. The van der Waals surface area contributed by atoms with Crippen LogP contribution in [-0.4, -0.2) is 45.3 Å². The molecule has 0 radical (unpaired) electrons. The molecule has 1 aromatic carbocycles. The van der Waals surface area contributed by atoms with Gasteiger partial charge >= 0.3 is 0 Å². The summed E-state index contributed by atoms with van der Waals surface area (Å²) in [6.45, 7) is 10.9. The van der Waals surface area contributed by atoms with Crippen molar-refractivity contribution >= 4 is 5.91 Å². The molecule has 1 aliphatic rings. The Morgan fingerprint density at radius 1 is 1.12 bits per heavy atom. The van der Waals surface area contributed by atoms with E-state index < -0.39 is 0 Å². The molecule has 0 bridgehead atoms. The summed E-state index contributed by atoms with van der Waals surface area (Å²) in [6, 6.07) is 7.54. The number of piperidine rings is 1. The summed E-state index contributed by atoms with van der Waals surface area (Å²) in [7, 11) is 0. The van der Waals surface area contributed by atoms with Gasteiger partial charge in [-0.25, -0.2) is 0 Å². The summed E-state index contributed by atoms with van der Waals surface area (Å²) < 4.78 is 11.0. The molecule has 1 heterocycles. The summed E-state index contributed by atoms with van der Waals surface area (Å²) >= 11 is 0. The number of ether oxygens (including phenoxy) is 2. The molecule has 134 valence electrons. The van der Waals surface area contributed by atoms with Crippen molar-refractivity contribution in [3.8, 4) is 11.5 Å². The fourth-order valence-corrected chi connectivity index (χ4v) is 3.51. The van der Waals surface area contributed by atoms with Gasteiger partial charge in [0.2, 0.25) is 0 Å². The van der Waals surface area contributed by atoms with Gasteiger partial charge in [-0.15, -0.1) is 0 Å². The van der Waals surface area contributed by atoms with Crippen LogP contribution in [0.3, 0.4) is 0 Å². The molecule has 0 aromatic heterocycles. The Morgan fingerprint density at radius 3 is 2.29 bits per heavy atom. The topological polar surface area (TPSA) is 52.0 Å². The second-order valence-electron chi connectivity index (χ2n) is 6.88. The first-order valence-corrected chi connectivity index (χ1v) is 9.02. The standard InChI is InChI=1S/C19H30N2O3/c1-4-23-17-5-7-18(8-6-17)24-10-9-20-19(22)14-21-12-15(2)11-16(3)13-21/h5-8,15-16H,4,9-14H2,1-3H3,(H,20,22)/p+1/t15-,16+. The number of rotatable bonds is 8. The number of amides is 1. The number of hydrogen-bond acceptors (Lipinski definition) is 3. The third-order valence-corrected chi connectivity index (χ3v) is 4.32. The second-order valence-corrected chi connectivity index (χ2v) is 6.88. The minimum atomic E-state index is 0.113. The van der Waals surface area contributed by atoms with Gasteiger partial charge < -0.3 is 19.7 Å². The molecular formula is C19H31N2O3+. The van der Waals surface area contributed by atoms with E-state index in [0.29, 0.717) is 38.1 Å². The van der Waals surface area contributed by atoms with Gasteiger partial charge in [0, 0.05) is 11.8 Å². The number of nitrogens with one attached hydrogen (secondary N) is 2. The highest BCUT2D eigenvalue weighted by molar-refractivity contribution is 5.76. The summed E-state index contributed by atoms with van der Waals surface area (Å²) in [5.74, 6) is 3.16. The van der Waals surface area contributed by atoms with Gasteiger partial charge in [-0.3, -0.25) is 4.79 Å². The van der Waals surface area contributed by atoms with Crippen molar-refractivity contribution < 1.29 is 19.2 Å². The zero-order valence-corrected chi connectivity index (χ0v) is 15.1. The van der Waals surface area contributed by atoms with Crippen LogP contribution in [0.2, 0.25) is 0 Å². The number of carbonyl (C=O) groups is 1. The van der Waals surface area contributed by atoms with E-state index in [1.807, 2.05) is 31.2 Å². The SMILES string of the molecule is CCOc1ccc(OCCNC(=O)C[NH+]2C[C@H](C)C[C@H](C)C2)cc1. The van der Waals surface area contributed by atoms with Crippen LogP contribution in [0.25, 0.3) is 0 Å². The Labute approximate surface area is 145 Å². The molecule has 1 amide bonds. The molecule has 0 saturated carbocycles. The van der Waals surface area contributed by atoms with Crippen molar-refractivity contribution in [2.24, 2.45) is 11.8 Å². The number of carbonyl (C=O) groups excluding carboxylic acids is 1. The highest BCUT2D eigenvalue weighted by Crippen LogP contribution is 2.17. The van der Waals surface area contributed by atoms with Crippen molar-refractivity contribution in [3.63, 3.8) is 0 Å². The molecule has 1 unspecified atom stereocenters. The van der Waals surface area contributed by atoms with Gasteiger partial charge in [0.1, 0.15) is 18.1 Å².